The summed E-state index contributed by atoms with van der Waals surface area (Å²) >= 11 is 0. The molecule has 22 heterocycles. The zero-order valence-corrected chi connectivity index (χ0v) is 74.2. The normalized spacial score (nSPS) is 39.8. The van der Waals surface area contributed by atoms with Crippen molar-refractivity contribution in [2.75, 3.05) is 52.8 Å². The van der Waals surface area contributed by atoms with Crippen LogP contribution in [0.2, 0.25) is 90.7 Å². The minimum Gasteiger partial charge on any atom is -0.414 e. The van der Waals surface area contributed by atoms with Gasteiger partial charge >= 0.3 is 0 Å². The smallest absolute Gasteiger partial charge is 0.192 e. The Morgan fingerprint density at radius 2 is 0.459 bits per heavy atom. The lowest BCUT2D eigenvalue weighted by Gasteiger charge is -2.51. The van der Waals surface area contributed by atoms with Crippen LogP contribution in [0.4, 0.5) is 0 Å². The van der Waals surface area contributed by atoms with Crippen molar-refractivity contribution in [1.82, 2.24) is 0 Å². The molecule has 22 rings (SSSR count). The van der Waals surface area contributed by atoms with Gasteiger partial charge in [0.25, 0.3) is 0 Å². The van der Waals surface area contributed by atoms with Crippen LogP contribution in [-0.4, -0.2) is 340 Å². The number of azide groups is 1. The highest BCUT2D eigenvalue weighted by molar-refractivity contribution is 6.75. The van der Waals surface area contributed by atoms with E-state index in [9.17, 15) is 61.3 Å². The minimum absolute atomic E-state index is 0.0951. The summed E-state index contributed by atoms with van der Waals surface area (Å²) in [6.07, 6.45) is -53.0. The summed E-state index contributed by atoms with van der Waals surface area (Å²) in [5, 5.41) is 151. The molecule has 0 amide bonds. The maximum Gasteiger partial charge on any atom is 0.192 e. The Balaban J connectivity index is 1.39. The van der Waals surface area contributed by atoms with E-state index < -0.39 is 258 Å². The number of unbranched alkanes of at least 4 members (excludes halogenated alkanes) is 2. The predicted octanol–water partition coefficient (Wildman–Crippen LogP) is 4.60. The monoisotopic (exact) mass is 1650 g/mol. The third-order valence-corrected chi connectivity index (χ3v) is 47.6. The number of hydrogen-bond acceptors (Lipinski definition) is 31. The standard InChI is InChI=1S/C71H139N3O30Si5/c1-67(2,3)105(16,17)88-32-38-56-45(77)51(83)63(95-38)102-58-40(34-90-107(20,21)69(7,8)9)97-65(53(85)47(58)79)104-60-42(36-92-109(24,25)71(13,14)15)98-66(54(86)48(60)80)103-59-41(35-91-108(22,23)70(10,11)12)96-64(52(84)46(59)78)101-57-39(33-89-106(18,19)68(4,5)6)94-62(50(82)44(57)76)99-55-37(93-61(100-56)49(81)43(55)75)31-87-30-28-26-27-29-73-74-72/h37-66,75-86H,26-36H2,1-25H3/t37-,38-,39-,40-,41-,42-,43-,44-,45-,46-,47-,48-,49-,50-,51-,52-,53-,54-,55-,56-,57-,58-,59-,60-,61-,62-,63-,64-,65-,66-/m1/s1. The molecular weight excluding hydrogens is 1520 g/mol. The van der Waals surface area contributed by atoms with Crippen molar-refractivity contribution in [3.05, 3.63) is 10.4 Å². The van der Waals surface area contributed by atoms with Crippen LogP contribution in [0.5, 0.6) is 0 Å². The Morgan fingerprint density at radius 3 is 0.633 bits per heavy atom. The molecule has 109 heavy (non-hydrogen) atoms. The fourth-order valence-electron chi connectivity index (χ4n) is 12.2. The first-order valence-corrected chi connectivity index (χ1v) is 53.3. The molecule has 22 aliphatic heterocycles. The lowest BCUT2D eigenvalue weighted by atomic mass is 9.94. The first-order chi connectivity index (χ1) is 49.9. The van der Waals surface area contributed by atoms with Gasteiger partial charge in [-0.1, -0.05) is 115 Å². The Kier molecular flexibility index (Phi) is 32.6. The van der Waals surface area contributed by atoms with Crippen molar-refractivity contribution < 1.29 is 145 Å². The molecule has 0 aliphatic carbocycles. The molecule has 0 aromatic carbocycles. The molecule has 12 bridgehead atoms. The largest absolute Gasteiger partial charge is 0.414 e. The number of aliphatic hydroxyl groups is 12. The van der Waals surface area contributed by atoms with Crippen LogP contribution < -0.4 is 0 Å². The Morgan fingerprint density at radius 1 is 0.275 bits per heavy atom. The second-order valence-corrected chi connectivity index (χ2v) is 62.2. The number of rotatable bonds is 23. The maximum atomic E-state index is 12.6. The van der Waals surface area contributed by atoms with Gasteiger partial charge in [0.05, 0.1) is 39.6 Å². The number of ether oxygens (including phenoxy) is 13. The van der Waals surface area contributed by atoms with Crippen LogP contribution >= 0.6 is 0 Å². The molecule has 0 aromatic rings. The predicted molar refractivity (Wildman–Crippen MR) is 408 cm³/mol. The van der Waals surface area contributed by atoms with Crippen LogP contribution in [0, 0.1) is 0 Å². The number of nitrogens with zero attached hydrogens (tertiary/aromatic N) is 3. The Bertz CT molecular complexity index is 2830. The summed E-state index contributed by atoms with van der Waals surface area (Å²) in [4.78, 5) is 2.81. The third-order valence-electron chi connectivity index (χ3n) is 25.1. The molecule has 22 aliphatic rings. The van der Waals surface area contributed by atoms with Crippen molar-refractivity contribution >= 4 is 41.6 Å². The average molecular weight is 1660 g/mol. The van der Waals surface area contributed by atoms with Crippen LogP contribution in [0.15, 0.2) is 5.11 Å². The quantitative estimate of drug-likeness (QED) is 0.0219. The summed E-state index contributed by atoms with van der Waals surface area (Å²) in [5.41, 5.74) is 8.85. The summed E-state index contributed by atoms with van der Waals surface area (Å²) in [5.74, 6) is 0. The maximum absolute atomic E-state index is 12.6. The van der Waals surface area contributed by atoms with E-state index in [-0.39, 0.29) is 46.2 Å². The molecule has 38 heteroatoms. The molecule has 0 saturated carbocycles. The van der Waals surface area contributed by atoms with Crippen molar-refractivity contribution in [2.24, 2.45) is 5.11 Å². The van der Waals surface area contributed by atoms with Crippen molar-refractivity contribution in [3.63, 3.8) is 0 Å². The first-order valence-electron chi connectivity index (χ1n) is 38.7. The highest BCUT2D eigenvalue weighted by Crippen LogP contribution is 2.46. The van der Waals surface area contributed by atoms with Gasteiger partial charge in [0.1, 0.15) is 146 Å². The topological polar surface area (TPSA) is 458 Å². The number of hydrogen-bond donors (Lipinski definition) is 12. The van der Waals surface area contributed by atoms with Gasteiger partial charge in [-0.3, -0.25) is 0 Å². The van der Waals surface area contributed by atoms with Crippen molar-refractivity contribution in [2.45, 2.75) is 398 Å². The lowest BCUT2D eigenvalue weighted by molar-refractivity contribution is -0.403. The fourth-order valence-corrected chi connectivity index (χ4v) is 17.3. The molecule has 638 valence electrons. The van der Waals surface area contributed by atoms with Gasteiger partial charge in [0.2, 0.25) is 0 Å². The molecule has 0 spiro atoms. The van der Waals surface area contributed by atoms with E-state index in [0.717, 1.165) is 0 Å². The van der Waals surface area contributed by atoms with E-state index in [1.54, 1.807) is 0 Å². The minimum atomic E-state index is -2.76. The molecule has 22 fully saturated rings. The van der Waals surface area contributed by atoms with E-state index in [0.29, 0.717) is 19.3 Å². The summed E-state index contributed by atoms with van der Waals surface area (Å²) in [6.45, 7) is 48.0. The van der Waals surface area contributed by atoms with Gasteiger partial charge in [0, 0.05) is 18.1 Å². The van der Waals surface area contributed by atoms with E-state index in [2.05, 4.69) is 10.0 Å². The second kappa shape index (κ2) is 37.2. The van der Waals surface area contributed by atoms with Crippen LogP contribution in [0.25, 0.3) is 10.4 Å². The van der Waals surface area contributed by atoms with Gasteiger partial charge in [-0.05, 0) is 109 Å². The second-order valence-electron chi connectivity index (χ2n) is 38.2. The summed E-state index contributed by atoms with van der Waals surface area (Å²) in [7, 11) is -13.8. The highest BCUT2D eigenvalue weighted by Gasteiger charge is 2.61. The molecule has 12 N–H and O–H groups in total. The van der Waals surface area contributed by atoms with Crippen LogP contribution in [0.3, 0.4) is 0 Å². The molecule has 22 saturated heterocycles. The molecule has 0 aromatic heterocycles. The highest BCUT2D eigenvalue weighted by atomic mass is 28.4. The van der Waals surface area contributed by atoms with Gasteiger partial charge in [-0.15, -0.1) is 0 Å². The van der Waals surface area contributed by atoms with Gasteiger partial charge in [-0.2, -0.15) is 0 Å². The van der Waals surface area contributed by atoms with Gasteiger partial charge in [-0.25, -0.2) is 0 Å². The van der Waals surface area contributed by atoms with Crippen LogP contribution in [0.1, 0.15) is 123 Å². The van der Waals surface area contributed by atoms with Gasteiger partial charge in [0.15, 0.2) is 79.3 Å². The third kappa shape index (κ3) is 22.8. The molecule has 0 radical (unpaired) electrons. The molecular formula is C71H139N3O30Si5. The van der Waals surface area contributed by atoms with E-state index in [1.165, 1.54) is 0 Å². The van der Waals surface area contributed by atoms with Crippen molar-refractivity contribution in [3.8, 4) is 0 Å². The molecule has 33 nitrogen and oxygen atoms in total. The Labute approximate surface area is 649 Å². The zero-order chi connectivity index (χ0) is 82.2. The Hall–Kier alpha value is -0.806. The summed E-state index contributed by atoms with van der Waals surface area (Å²) < 4.78 is 119. The average Bonchev–Trinajstić information content (AvgIpc) is 0.765. The SMILES string of the molecule is CC(C)(C)[Si](C)(C)OC[C@H]1O[C@@H]2O[C@H]3[C@H](O)[C@@H](O)[C@@H](O[C@H]4[C@H](O)[C@@H](O)[C@@H](O[C@H]5[C@H](O)[C@@H](O)[C@@H](O[C@H]6[C@H](O)[C@@H](O)[C@@H](O[C@H]7[C@H](O)[C@@H](O)[C@@H](O[C@H]1[C@H](O)[C@H]2O)O[C@@H]7COCCCCCN=[N+]=[N-])O[C@@H]6CO[Si](C)(C)C(C)(C)C)O[C@@H]5CO[Si](C)(C)C(C)(C)C)O[C@@H]4CO[Si](C)(C)C(C)(C)C)O[C@@H]3CO[Si](C)(C)C(C)(C)C. The fraction of sp³-hybridized carbons (Fsp3) is 1.00. The van der Waals surface area contributed by atoms with Crippen molar-refractivity contribution in [1.29, 1.82) is 0 Å². The lowest BCUT2D eigenvalue weighted by Crippen LogP contribution is -2.69. The van der Waals surface area contributed by atoms with E-state index in [4.69, 9.17) is 89.2 Å². The number of aliphatic hydroxyl groups excluding tert-OH is 12. The summed E-state index contributed by atoms with van der Waals surface area (Å²) in [6, 6.07) is 0. The molecule has 30 atom stereocenters. The van der Waals surface area contributed by atoms with Gasteiger partial charge < -0.3 is 145 Å². The molecule has 0 unspecified atom stereocenters. The van der Waals surface area contributed by atoms with Crippen LogP contribution in [-0.2, 0) is 83.7 Å². The zero-order valence-electron chi connectivity index (χ0n) is 69.2. The van der Waals surface area contributed by atoms with E-state index >= 15 is 0 Å². The van der Waals surface area contributed by atoms with E-state index in [1.807, 2.05) is 169 Å². The first kappa shape index (κ1) is 95.3.